The van der Waals surface area contributed by atoms with Crippen molar-refractivity contribution in [3.8, 4) is 0 Å². The van der Waals surface area contributed by atoms with Gasteiger partial charge < -0.3 is 14.2 Å². The van der Waals surface area contributed by atoms with Crippen LogP contribution in [-0.2, 0) is 14.2 Å². The van der Waals surface area contributed by atoms with E-state index in [1.807, 2.05) is 0 Å². The van der Waals surface area contributed by atoms with Crippen LogP contribution in [0.5, 0.6) is 0 Å². The summed E-state index contributed by atoms with van der Waals surface area (Å²) in [6.45, 7) is 5.74. The molecule has 2 aliphatic heterocycles. The number of fused-ring (bicyclic) bond motifs is 1. The largest absolute Gasteiger partial charge is 0.373 e. The molecule has 0 amide bonds. The first-order valence-corrected chi connectivity index (χ1v) is 5.23. The second-order valence-electron chi connectivity index (χ2n) is 3.78. The lowest BCUT2D eigenvalue weighted by atomic mass is 10.1. The highest BCUT2D eigenvalue weighted by molar-refractivity contribution is 4.84. The average molecular weight is 186 g/mol. The molecule has 0 N–H and O–H groups in total. The van der Waals surface area contributed by atoms with Crippen LogP contribution in [0.15, 0.2) is 0 Å². The SMILES string of the molecule is CCC1(CC)OCC2OCCC2O1. The van der Waals surface area contributed by atoms with Gasteiger partial charge in [0.1, 0.15) is 6.10 Å². The van der Waals surface area contributed by atoms with Crippen molar-refractivity contribution < 1.29 is 14.2 Å². The molecule has 2 fully saturated rings. The Labute approximate surface area is 79.4 Å². The molecule has 2 aliphatic rings. The first-order chi connectivity index (χ1) is 6.29. The number of hydrogen-bond acceptors (Lipinski definition) is 3. The van der Waals surface area contributed by atoms with Crippen molar-refractivity contribution in [2.75, 3.05) is 13.2 Å². The summed E-state index contributed by atoms with van der Waals surface area (Å²) in [5, 5.41) is 0. The van der Waals surface area contributed by atoms with E-state index in [1.54, 1.807) is 0 Å². The molecule has 13 heavy (non-hydrogen) atoms. The Hall–Kier alpha value is -0.120. The van der Waals surface area contributed by atoms with Gasteiger partial charge in [0.15, 0.2) is 5.79 Å². The molecule has 0 saturated carbocycles. The molecule has 2 heterocycles. The van der Waals surface area contributed by atoms with Gasteiger partial charge in [0.2, 0.25) is 0 Å². The maximum Gasteiger partial charge on any atom is 0.168 e. The highest BCUT2D eigenvalue weighted by Gasteiger charge is 2.43. The maximum absolute atomic E-state index is 5.95. The number of rotatable bonds is 2. The quantitative estimate of drug-likeness (QED) is 0.657. The van der Waals surface area contributed by atoms with Gasteiger partial charge >= 0.3 is 0 Å². The molecule has 3 nitrogen and oxygen atoms in total. The van der Waals surface area contributed by atoms with Gasteiger partial charge in [-0.1, -0.05) is 13.8 Å². The molecule has 0 spiro atoms. The van der Waals surface area contributed by atoms with Crippen LogP contribution in [-0.4, -0.2) is 31.2 Å². The summed E-state index contributed by atoms with van der Waals surface area (Å²) in [5.41, 5.74) is 0. The van der Waals surface area contributed by atoms with Crippen LogP contribution in [0.3, 0.4) is 0 Å². The Morgan fingerprint density at radius 2 is 2.00 bits per heavy atom. The minimum absolute atomic E-state index is 0.186. The van der Waals surface area contributed by atoms with Crippen LogP contribution < -0.4 is 0 Å². The van der Waals surface area contributed by atoms with Crippen LogP contribution in [0.1, 0.15) is 33.1 Å². The van der Waals surface area contributed by atoms with E-state index in [-0.39, 0.29) is 18.0 Å². The first-order valence-electron chi connectivity index (χ1n) is 5.23. The predicted molar refractivity (Wildman–Crippen MR) is 48.5 cm³/mol. The third-order valence-corrected chi connectivity index (χ3v) is 3.10. The summed E-state index contributed by atoms with van der Waals surface area (Å²) in [4.78, 5) is 0. The van der Waals surface area contributed by atoms with E-state index >= 15 is 0 Å². The van der Waals surface area contributed by atoms with E-state index < -0.39 is 0 Å². The van der Waals surface area contributed by atoms with Gasteiger partial charge in [-0.2, -0.15) is 0 Å². The molecule has 0 aromatic heterocycles. The summed E-state index contributed by atoms with van der Waals surface area (Å²) in [7, 11) is 0. The fourth-order valence-corrected chi connectivity index (χ4v) is 2.08. The van der Waals surface area contributed by atoms with Crippen LogP contribution in [0.25, 0.3) is 0 Å². The number of ether oxygens (including phenoxy) is 3. The molecule has 2 unspecified atom stereocenters. The van der Waals surface area contributed by atoms with E-state index in [4.69, 9.17) is 14.2 Å². The molecule has 2 saturated heterocycles. The zero-order chi connectivity index (χ0) is 9.31. The first kappa shape index (κ1) is 9.44. The Kier molecular flexibility index (Phi) is 2.58. The zero-order valence-corrected chi connectivity index (χ0v) is 8.41. The zero-order valence-electron chi connectivity index (χ0n) is 8.41. The van der Waals surface area contributed by atoms with Crippen molar-refractivity contribution in [3.05, 3.63) is 0 Å². The Bertz CT molecular complexity index is 177. The highest BCUT2D eigenvalue weighted by Crippen LogP contribution is 2.34. The van der Waals surface area contributed by atoms with Crippen molar-refractivity contribution in [3.63, 3.8) is 0 Å². The summed E-state index contributed by atoms with van der Waals surface area (Å²) >= 11 is 0. The molecule has 2 atom stereocenters. The lowest BCUT2D eigenvalue weighted by Gasteiger charge is -2.41. The molecule has 3 heteroatoms. The minimum Gasteiger partial charge on any atom is -0.373 e. The fourth-order valence-electron chi connectivity index (χ4n) is 2.08. The normalized spacial score (nSPS) is 37.4. The van der Waals surface area contributed by atoms with Crippen molar-refractivity contribution in [1.29, 1.82) is 0 Å². The molecule has 0 aromatic rings. The molecule has 0 radical (unpaired) electrons. The van der Waals surface area contributed by atoms with Gasteiger partial charge in [-0.05, 0) is 19.3 Å². The summed E-state index contributed by atoms with van der Waals surface area (Å²) < 4.78 is 17.2. The standard InChI is InChI=1S/C10H18O3/c1-3-10(4-2)12-7-9-8(13-10)5-6-11-9/h8-9H,3-7H2,1-2H3. The van der Waals surface area contributed by atoms with Crippen LogP contribution in [0.4, 0.5) is 0 Å². The van der Waals surface area contributed by atoms with Gasteiger partial charge in [-0.15, -0.1) is 0 Å². The molecule has 76 valence electrons. The third-order valence-electron chi connectivity index (χ3n) is 3.10. The van der Waals surface area contributed by atoms with Gasteiger partial charge in [-0.25, -0.2) is 0 Å². The maximum atomic E-state index is 5.95. The molecule has 0 bridgehead atoms. The van der Waals surface area contributed by atoms with Crippen molar-refractivity contribution in [1.82, 2.24) is 0 Å². The predicted octanol–water partition coefficient (Wildman–Crippen LogP) is 1.71. The van der Waals surface area contributed by atoms with Gasteiger partial charge in [0.05, 0.1) is 12.7 Å². The molecular formula is C10H18O3. The second-order valence-corrected chi connectivity index (χ2v) is 3.78. The summed E-state index contributed by atoms with van der Waals surface area (Å²) in [5.74, 6) is -0.325. The monoisotopic (exact) mass is 186 g/mol. The van der Waals surface area contributed by atoms with Gasteiger partial charge in [0.25, 0.3) is 0 Å². The second kappa shape index (κ2) is 3.56. The van der Waals surface area contributed by atoms with E-state index in [0.717, 1.165) is 25.9 Å². The molecular weight excluding hydrogens is 168 g/mol. The average Bonchev–Trinajstić information content (AvgIpc) is 2.64. The lowest BCUT2D eigenvalue weighted by Crippen LogP contribution is -2.49. The van der Waals surface area contributed by atoms with Crippen molar-refractivity contribution in [2.24, 2.45) is 0 Å². The summed E-state index contributed by atoms with van der Waals surface area (Å²) in [6, 6.07) is 0. The molecule has 0 aliphatic carbocycles. The molecule has 0 aromatic carbocycles. The Morgan fingerprint density at radius 3 is 2.69 bits per heavy atom. The highest BCUT2D eigenvalue weighted by atomic mass is 16.7. The smallest absolute Gasteiger partial charge is 0.168 e. The van der Waals surface area contributed by atoms with Crippen molar-refractivity contribution >= 4 is 0 Å². The van der Waals surface area contributed by atoms with Gasteiger partial charge in [-0.3, -0.25) is 0 Å². The van der Waals surface area contributed by atoms with Gasteiger partial charge in [0, 0.05) is 6.61 Å². The molecule has 2 rings (SSSR count). The lowest BCUT2D eigenvalue weighted by molar-refractivity contribution is -0.312. The third kappa shape index (κ3) is 1.60. The van der Waals surface area contributed by atoms with Crippen LogP contribution in [0.2, 0.25) is 0 Å². The minimum atomic E-state index is -0.325. The van der Waals surface area contributed by atoms with Crippen molar-refractivity contribution in [2.45, 2.75) is 51.1 Å². The fraction of sp³-hybridized carbons (Fsp3) is 1.00. The van der Waals surface area contributed by atoms with E-state index in [1.165, 1.54) is 0 Å². The summed E-state index contributed by atoms with van der Waals surface area (Å²) in [6.07, 6.45) is 3.33. The Morgan fingerprint density at radius 1 is 1.23 bits per heavy atom. The number of hydrogen-bond donors (Lipinski definition) is 0. The van der Waals surface area contributed by atoms with E-state index in [9.17, 15) is 0 Å². The van der Waals surface area contributed by atoms with Crippen LogP contribution >= 0.6 is 0 Å². The van der Waals surface area contributed by atoms with E-state index in [2.05, 4.69) is 13.8 Å². The van der Waals surface area contributed by atoms with E-state index in [0.29, 0.717) is 6.61 Å². The topological polar surface area (TPSA) is 27.7 Å². The van der Waals surface area contributed by atoms with Crippen LogP contribution in [0, 0.1) is 0 Å². The Balaban J connectivity index is 2.02.